The molecule has 0 amide bonds. The number of benzene rings is 1. The van der Waals surface area contributed by atoms with Crippen LogP contribution in [0.15, 0.2) is 35.4 Å². The number of para-hydroxylation sites is 1. The van der Waals surface area contributed by atoms with Crippen LogP contribution in [0.1, 0.15) is 11.1 Å². The first-order valence-corrected chi connectivity index (χ1v) is 7.40. The van der Waals surface area contributed by atoms with Crippen LogP contribution < -0.4 is 10.2 Å². The highest BCUT2D eigenvalue weighted by atomic mass is 32.2. The molecule has 3 rings (SSSR count). The van der Waals surface area contributed by atoms with E-state index in [1.165, 1.54) is 0 Å². The van der Waals surface area contributed by atoms with Crippen molar-refractivity contribution in [1.29, 1.82) is 5.41 Å². The molecule has 2 heterocycles. The van der Waals surface area contributed by atoms with E-state index in [4.69, 9.17) is 11.8 Å². The molecule has 1 aromatic heterocycles. The summed E-state index contributed by atoms with van der Waals surface area (Å²) >= 11 is 1.62. The zero-order valence-corrected chi connectivity index (χ0v) is 11.8. The molecular formula is C15H14N4S. The van der Waals surface area contributed by atoms with Gasteiger partial charge in [0, 0.05) is 16.7 Å². The lowest BCUT2D eigenvalue weighted by Crippen LogP contribution is -2.40. The van der Waals surface area contributed by atoms with Gasteiger partial charge in [0.1, 0.15) is 11.7 Å². The summed E-state index contributed by atoms with van der Waals surface area (Å²) in [6.45, 7) is 0.527. The molecule has 1 aromatic carbocycles. The number of anilines is 2. The van der Waals surface area contributed by atoms with Gasteiger partial charge in [-0.05, 0) is 18.4 Å². The van der Waals surface area contributed by atoms with Crippen LogP contribution in [-0.2, 0) is 0 Å². The number of thioether (sulfide) groups is 1. The highest BCUT2D eigenvalue weighted by molar-refractivity contribution is 7.98. The third-order valence-electron chi connectivity index (χ3n) is 3.33. The minimum Gasteiger partial charge on any atom is -0.353 e. The van der Waals surface area contributed by atoms with Gasteiger partial charge in [-0.15, -0.1) is 18.2 Å². The smallest absolute Gasteiger partial charge is 0.139 e. The number of aromatic nitrogens is 1. The standard InChI is InChI=1S/C15H14N4S/c1-3-10-6-4-5-7-11(10)19-9-18-15-13(14(19)16)12(20-2)8-17-15/h1,4-8,16-18H,9H2,2H3. The van der Waals surface area contributed by atoms with Crippen LogP contribution in [0.2, 0.25) is 0 Å². The molecule has 0 fully saturated rings. The van der Waals surface area contributed by atoms with E-state index in [2.05, 4.69) is 16.2 Å². The number of aromatic amines is 1. The van der Waals surface area contributed by atoms with Crippen LogP contribution in [0.5, 0.6) is 0 Å². The number of fused-ring (bicyclic) bond motifs is 1. The fourth-order valence-electron chi connectivity index (χ4n) is 2.35. The fraction of sp³-hybridized carbons (Fsp3) is 0.133. The first-order chi connectivity index (χ1) is 9.76. The molecule has 5 heteroatoms. The molecule has 0 aliphatic carbocycles. The first-order valence-electron chi connectivity index (χ1n) is 6.17. The summed E-state index contributed by atoms with van der Waals surface area (Å²) in [5.41, 5.74) is 2.57. The fourth-order valence-corrected chi connectivity index (χ4v) is 2.93. The zero-order chi connectivity index (χ0) is 14.1. The summed E-state index contributed by atoms with van der Waals surface area (Å²) in [5.74, 6) is 4.04. The maximum absolute atomic E-state index is 8.48. The van der Waals surface area contributed by atoms with E-state index in [0.717, 1.165) is 27.5 Å². The molecule has 100 valence electrons. The number of hydrogen-bond acceptors (Lipinski definition) is 3. The Hall–Kier alpha value is -2.32. The third-order valence-corrected chi connectivity index (χ3v) is 4.10. The summed E-state index contributed by atoms with van der Waals surface area (Å²) in [6.07, 6.45) is 9.48. The van der Waals surface area contributed by atoms with Crippen molar-refractivity contribution in [1.82, 2.24) is 4.98 Å². The molecule has 0 bridgehead atoms. The first kappa shape index (κ1) is 12.7. The molecule has 1 aliphatic heterocycles. The SMILES string of the molecule is C#Cc1ccccc1N1CNc2[nH]cc(SC)c2C1=N. The predicted molar refractivity (Wildman–Crippen MR) is 84.7 cm³/mol. The molecule has 0 radical (unpaired) electrons. The van der Waals surface area contributed by atoms with Crippen LogP contribution in [0.25, 0.3) is 0 Å². The summed E-state index contributed by atoms with van der Waals surface area (Å²) in [7, 11) is 0. The molecule has 0 saturated carbocycles. The highest BCUT2D eigenvalue weighted by Gasteiger charge is 2.27. The van der Waals surface area contributed by atoms with Crippen molar-refractivity contribution in [3.63, 3.8) is 0 Å². The van der Waals surface area contributed by atoms with E-state index < -0.39 is 0 Å². The van der Waals surface area contributed by atoms with E-state index in [1.807, 2.05) is 41.6 Å². The van der Waals surface area contributed by atoms with Crippen molar-refractivity contribution in [3.8, 4) is 12.3 Å². The van der Waals surface area contributed by atoms with Crippen molar-refractivity contribution in [3.05, 3.63) is 41.6 Å². The Morgan fingerprint density at radius 2 is 2.20 bits per heavy atom. The van der Waals surface area contributed by atoms with Gasteiger partial charge in [0.25, 0.3) is 0 Å². The van der Waals surface area contributed by atoms with Gasteiger partial charge in [-0.1, -0.05) is 18.1 Å². The Bertz CT molecular complexity index is 697. The van der Waals surface area contributed by atoms with Gasteiger partial charge in [-0.2, -0.15) is 0 Å². The highest BCUT2D eigenvalue weighted by Crippen LogP contribution is 2.33. The summed E-state index contributed by atoms with van der Waals surface area (Å²) in [5, 5.41) is 11.8. The number of hydrogen-bond donors (Lipinski definition) is 3. The second-order valence-electron chi connectivity index (χ2n) is 4.38. The maximum atomic E-state index is 8.48. The number of terminal acetylenes is 1. The summed E-state index contributed by atoms with van der Waals surface area (Å²) in [4.78, 5) is 6.12. The average molecular weight is 282 g/mol. The van der Waals surface area contributed by atoms with E-state index in [-0.39, 0.29) is 0 Å². The molecule has 0 unspecified atom stereocenters. The van der Waals surface area contributed by atoms with E-state index in [9.17, 15) is 0 Å². The Morgan fingerprint density at radius 1 is 1.40 bits per heavy atom. The number of H-pyrrole nitrogens is 1. The van der Waals surface area contributed by atoms with Crippen LogP contribution in [0.4, 0.5) is 11.5 Å². The minimum absolute atomic E-state index is 0.465. The molecule has 0 atom stereocenters. The van der Waals surface area contributed by atoms with Gasteiger partial charge in [0.15, 0.2) is 0 Å². The van der Waals surface area contributed by atoms with E-state index >= 15 is 0 Å². The van der Waals surface area contributed by atoms with Crippen LogP contribution in [0, 0.1) is 17.8 Å². The van der Waals surface area contributed by atoms with Crippen LogP contribution in [0.3, 0.4) is 0 Å². The number of nitrogens with one attached hydrogen (secondary N) is 3. The van der Waals surface area contributed by atoms with Crippen molar-refractivity contribution >= 4 is 29.1 Å². The number of nitrogens with zero attached hydrogens (tertiary/aromatic N) is 1. The zero-order valence-electron chi connectivity index (χ0n) is 11.0. The number of amidine groups is 1. The lowest BCUT2D eigenvalue weighted by Gasteiger charge is -2.31. The topological polar surface area (TPSA) is 54.9 Å². The Balaban J connectivity index is 2.06. The Labute approximate surface area is 122 Å². The molecule has 0 spiro atoms. The maximum Gasteiger partial charge on any atom is 0.139 e. The van der Waals surface area contributed by atoms with Crippen molar-refractivity contribution in [2.75, 3.05) is 23.1 Å². The summed E-state index contributed by atoms with van der Waals surface area (Å²) in [6, 6.07) is 7.69. The molecule has 4 nitrogen and oxygen atoms in total. The molecule has 0 saturated heterocycles. The average Bonchev–Trinajstić information content (AvgIpc) is 2.91. The van der Waals surface area contributed by atoms with Crippen molar-refractivity contribution in [2.45, 2.75) is 4.90 Å². The van der Waals surface area contributed by atoms with E-state index in [1.54, 1.807) is 11.8 Å². The lowest BCUT2D eigenvalue weighted by atomic mass is 10.1. The molecule has 2 aromatic rings. The normalized spacial score (nSPS) is 13.6. The van der Waals surface area contributed by atoms with Gasteiger partial charge in [-0.25, -0.2) is 0 Å². The predicted octanol–water partition coefficient (Wildman–Crippen LogP) is 2.93. The third kappa shape index (κ3) is 1.86. The number of rotatable bonds is 2. The van der Waals surface area contributed by atoms with Crippen molar-refractivity contribution in [2.24, 2.45) is 0 Å². The summed E-state index contributed by atoms with van der Waals surface area (Å²) < 4.78 is 0. The lowest BCUT2D eigenvalue weighted by molar-refractivity contribution is 1.01. The molecule has 20 heavy (non-hydrogen) atoms. The Kier molecular flexibility index (Phi) is 3.17. The molecule has 3 N–H and O–H groups in total. The van der Waals surface area contributed by atoms with Gasteiger partial charge in [0.05, 0.1) is 17.9 Å². The van der Waals surface area contributed by atoms with Crippen LogP contribution in [-0.4, -0.2) is 23.7 Å². The molecular weight excluding hydrogens is 268 g/mol. The quantitative estimate of drug-likeness (QED) is 0.586. The second kappa shape index (κ2) is 4.99. The van der Waals surface area contributed by atoms with Crippen LogP contribution >= 0.6 is 11.8 Å². The van der Waals surface area contributed by atoms with Crippen molar-refractivity contribution < 1.29 is 0 Å². The Morgan fingerprint density at radius 3 is 2.95 bits per heavy atom. The van der Waals surface area contributed by atoms with Gasteiger partial charge in [-0.3, -0.25) is 5.41 Å². The van der Waals surface area contributed by atoms with Gasteiger partial charge >= 0.3 is 0 Å². The second-order valence-corrected chi connectivity index (χ2v) is 5.23. The van der Waals surface area contributed by atoms with Gasteiger partial charge in [0.2, 0.25) is 0 Å². The monoisotopic (exact) mass is 282 g/mol. The minimum atomic E-state index is 0.465. The largest absolute Gasteiger partial charge is 0.353 e. The molecule has 1 aliphatic rings. The van der Waals surface area contributed by atoms with Gasteiger partial charge < -0.3 is 15.2 Å². The van der Waals surface area contributed by atoms with E-state index in [0.29, 0.717) is 12.5 Å².